The predicted octanol–water partition coefficient (Wildman–Crippen LogP) is 1.06. The zero-order valence-electron chi connectivity index (χ0n) is 19.5. The maximum absolute atomic E-state index is 13.8. The van der Waals surface area contributed by atoms with Crippen LogP contribution < -0.4 is 21.4 Å². The van der Waals surface area contributed by atoms with Gasteiger partial charge in [-0.15, -0.1) is 0 Å². The number of rotatable bonds is 6. The van der Waals surface area contributed by atoms with Gasteiger partial charge in [-0.1, -0.05) is 5.92 Å². The summed E-state index contributed by atoms with van der Waals surface area (Å²) in [6.07, 6.45) is -3.28. The molecule has 0 bridgehead atoms. The lowest BCUT2D eigenvalue weighted by Crippen LogP contribution is -2.69. The molecule has 2 aromatic rings. The smallest absolute Gasteiger partial charge is 0.315 e. The molecule has 36 heavy (non-hydrogen) atoms. The minimum Gasteiger partial charge on any atom is -0.341 e. The molecule has 0 spiro atoms. The molecule has 1 aromatic heterocycles. The minimum absolute atomic E-state index is 0.0208. The molecule has 11 nitrogen and oxygen atoms in total. The molecule has 2 unspecified atom stereocenters. The highest BCUT2D eigenvalue weighted by atomic mass is 19.3. The second kappa shape index (κ2) is 12.6. The van der Waals surface area contributed by atoms with E-state index in [4.69, 9.17) is 5.21 Å². The normalized spacial score (nSPS) is 12.4. The summed E-state index contributed by atoms with van der Waals surface area (Å²) in [6.45, 7) is 2.73. The molecule has 1 aromatic carbocycles. The summed E-state index contributed by atoms with van der Waals surface area (Å²) < 4.78 is 27.7. The number of aromatic nitrogens is 3. The standard InChI is InChI=1S/C23H25F2N7O4/c1-14-8-13-17(30-32-29-14)7-5-4-6-15-9-11-16(12-10-15)19(33)27-18(20(34)31-36)23(2,21(24)25)28-22(35)26-3/h8-13,18,21,29-30,32,36H,1-3H3,(H,27,33)(H,31,34)(H2,26,28,35). The molecule has 190 valence electrons. The molecule has 0 aliphatic heterocycles. The van der Waals surface area contributed by atoms with Crippen LogP contribution in [0.4, 0.5) is 13.6 Å². The van der Waals surface area contributed by atoms with E-state index in [1.54, 1.807) is 6.07 Å². The summed E-state index contributed by atoms with van der Waals surface area (Å²) in [6, 6.07) is 6.29. The Kier molecular flexibility index (Phi) is 9.65. The third-order valence-corrected chi connectivity index (χ3v) is 4.88. The van der Waals surface area contributed by atoms with E-state index >= 15 is 0 Å². The zero-order valence-corrected chi connectivity index (χ0v) is 19.5. The fraction of sp³-hybridized carbons (Fsp3) is 0.261. The van der Waals surface area contributed by atoms with Crippen LogP contribution in [0.15, 0.2) is 36.4 Å². The molecule has 0 radical (unpaired) electrons. The Bertz CT molecular complexity index is 1260. The van der Waals surface area contributed by atoms with Crippen LogP contribution in [0.5, 0.6) is 0 Å². The Morgan fingerprint density at radius 1 is 1.03 bits per heavy atom. The van der Waals surface area contributed by atoms with Gasteiger partial charge in [0, 0.05) is 23.9 Å². The van der Waals surface area contributed by atoms with Gasteiger partial charge in [-0.25, -0.2) is 24.3 Å². The number of urea groups is 1. The van der Waals surface area contributed by atoms with Crippen molar-refractivity contribution >= 4 is 17.8 Å². The first kappa shape index (κ1) is 27.5. The highest BCUT2D eigenvalue weighted by Crippen LogP contribution is 2.21. The van der Waals surface area contributed by atoms with Crippen molar-refractivity contribution in [2.24, 2.45) is 0 Å². The monoisotopic (exact) mass is 501 g/mol. The van der Waals surface area contributed by atoms with E-state index in [0.29, 0.717) is 11.3 Å². The highest BCUT2D eigenvalue weighted by Gasteiger charge is 2.48. The summed E-state index contributed by atoms with van der Waals surface area (Å²) in [5.74, 6) is 8.72. The number of carbonyl (C=O) groups excluding carboxylic acids is 3. The molecule has 4 amide bonds. The van der Waals surface area contributed by atoms with Crippen LogP contribution in [0.2, 0.25) is 0 Å². The van der Waals surface area contributed by atoms with Crippen LogP contribution in [-0.4, -0.2) is 63.5 Å². The Morgan fingerprint density at radius 3 is 2.31 bits per heavy atom. The van der Waals surface area contributed by atoms with Crippen LogP contribution in [0.3, 0.4) is 0 Å². The summed E-state index contributed by atoms with van der Waals surface area (Å²) in [5, 5.41) is 23.6. The number of amides is 4. The Balaban J connectivity index is 2.19. The maximum Gasteiger partial charge on any atom is 0.315 e. The average molecular weight is 501 g/mol. The first-order valence-electron chi connectivity index (χ1n) is 10.4. The average Bonchev–Trinajstić information content (AvgIpc) is 3.08. The summed E-state index contributed by atoms with van der Waals surface area (Å²) in [7, 11) is 1.19. The van der Waals surface area contributed by atoms with Gasteiger partial charge in [0.15, 0.2) is 0 Å². The van der Waals surface area contributed by atoms with Crippen LogP contribution in [0.1, 0.15) is 34.2 Å². The van der Waals surface area contributed by atoms with E-state index in [9.17, 15) is 23.2 Å². The van der Waals surface area contributed by atoms with E-state index in [1.807, 2.05) is 18.3 Å². The summed E-state index contributed by atoms with van der Waals surface area (Å²) in [5.41, 5.74) is 0.697. The first-order chi connectivity index (χ1) is 17.1. The molecule has 8 N–H and O–H groups in total. The summed E-state index contributed by atoms with van der Waals surface area (Å²) >= 11 is 0. The first-order valence-corrected chi connectivity index (χ1v) is 10.4. The Labute approximate surface area is 205 Å². The van der Waals surface area contributed by atoms with E-state index < -0.39 is 35.9 Å². The third-order valence-electron chi connectivity index (χ3n) is 4.88. The van der Waals surface area contributed by atoms with Crippen molar-refractivity contribution in [2.75, 3.05) is 7.05 Å². The predicted molar refractivity (Wildman–Crippen MR) is 125 cm³/mol. The minimum atomic E-state index is -3.28. The molecule has 1 heterocycles. The number of H-pyrrole nitrogens is 3. The van der Waals surface area contributed by atoms with Gasteiger partial charge in [0.25, 0.3) is 18.2 Å². The van der Waals surface area contributed by atoms with Crippen LogP contribution in [0.25, 0.3) is 0 Å². The number of hydrogen-bond donors (Lipinski definition) is 8. The van der Waals surface area contributed by atoms with Crippen molar-refractivity contribution in [3.05, 3.63) is 58.9 Å². The largest absolute Gasteiger partial charge is 0.341 e. The second-order valence-corrected chi connectivity index (χ2v) is 7.55. The molecule has 0 fully saturated rings. The van der Waals surface area contributed by atoms with Crippen molar-refractivity contribution in [1.82, 2.24) is 36.8 Å². The third kappa shape index (κ3) is 7.38. The van der Waals surface area contributed by atoms with Gasteiger partial charge in [-0.05, 0) is 68.0 Å². The Morgan fingerprint density at radius 2 is 1.69 bits per heavy atom. The molecular formula is C23H25F2N7O4. The van der Waals surface area contributed by atoms with Crippen molar-refractivity contribution < 1.29 is 28.4 Å². The fourth-order valence-corrected chi connectivity index (χ4v) is 2.80. The molecule has 0 aliphatic rings. The van der Waals surface area contributed by atoms with E-state index in [1.165, 1.54) is 36.8 Å². The quantitative estimate of drug-likeness (QED) is 0.169. The van der Waals surface area contributed by atoms with Crippen molar-refractivity contribution in [3.8, 4) is 23.7 Å². The van der Waals surface area contributed by atoms with Gasteiger partial charge in [0.1, 0.15) is 17.3 Å². The molecule has 13 heteroatoms. The SMILES string of the molecule is CNC(=O)NC(C)(C(F)F)C(NC(=O)c1ccc(C#CC#Cc2ccc(C)[nH][nH][nH]2)cc1)C(=O)NO. The number of nitrogens with one attached hydrogen (secondary N) is 7. The highest BCUT2D eigenvalue weighted by molar-refractivity contribution is 5.98. The van der Waals surface area contributed by atoms with Gasteiger partial charge >= 0.3 is 6.03 Å². The number of halogens is 2. The van der Waals surface area contributed by atoms with Crippen molar-refractivity contribution in [2.45, 2.75) is 31.9 Å². The molecule has 2 atom stereocenters. The van der Waals surface area contributed by atoms with Gasteiger partial charge in [0.05, 0.1) is 0 Å². The van der Waals surface area contributed by atoms with Gasteiger partial charge < -0.3 is 16.0 Å². The molecule has 2 rings (SSSR count). The van der Waals surface area contributed by atoms with E-state index in [2.05, 4.69) is 49.7 Å². The molecule has 0 saturated carbocycles. The van der Waals surface area contributed by atoms with Crippen molar-refractivity contribution in [1.29, 1.82) is 0 Å². The van der Waals surface area contributed by atoms with Crippen molar-refractivity contribution in [3.63, 3.8) is 0 Å². The van der Waals surface area contributed by atoms with Crippen LogP contribution >= 0.6 is 0 Å². The van der Waals surface area contributed by atoms with E-state index in [-0.39, 0.29) is 5.56 Å². The van der Waals surface area contributed by atoms with Gasteiger partial charge in [-0.2, -0.15) is 0 Å². The topological polar surface area (TPSA) is 167 Å². The number of hydrogen-bond acceptors (Lipinski definition) is 4. The summed E-state index contributed by atoms with van der Waals surface area (Å²) in [4.78, 5) is 36.5. The number of carbonyl (C=O) groups is 3. The molecule has 0 saturated heterocycles. The number of alkyl halides is 2. The lowest BCUT2D eigenvalue weighted by Gasteiger charge is -2.36. The number of hydroxylamine groups is 1. The molecular weight excluding hydrogens is 476 g/mol. The van der Waals surface area contributed by atoms with Crippen LogP contribution in [-0.2, 0) is 4.79 Å². The zero-order chi connectivity index (χ0) is 26.7. The van der Waals surface area contributed by atoms with E-state index in [0.717, 1.165) is 12.6 Å². The van der Waals surface area contributed by atoms with Gasteiger partial charge in [0.2, 0.25) is 0 Å². The van der Waals surface area contributed by atoms with Gasteiger partial charge in [-0.3, -0.25) is 25.0 Å². The number of aromatic amines is 3. The number of aryl methyl sites for hydroxylation is 1. The molecule has 0 aliphatic carbocycles. The Hall–Kier alpha value is -4.75. The van der Waals surface area contributed by atoms with Crippen LogP contribution in [0, 0.1) is 30.6 Å². The fourth-order valence-electron chi connectivity index (χ4n) is 2.80. The lowest BCUT2D eigenvalue weighted by molar-refractivity contribution is -0.135. The number of benzene rings is 1. The lowest BCUT2D eigenvalue weighted by atomic mass is 9.91. The second-order valence-electron chi connectivity index (χ2n) is 7.55. The maximum atomic E-state index is 13.8.